The zero-order valence-corrected chi connectivity index (χ0v) is 14.1. The Morgan fingerprint density at radius 3 is 2.36 bits per heavy atom. The summed E-state index contributed by atoms with van der Waals surface area (Å²) in [4.78, 5) is 32.2. The molecule has 2 amide bonds. The van der Waals surface area contributed by atoms with Crippen LogP contribution in [0.4, 0.5) is 0 Å². The van der Waals surface area contributed by atoms with Crippen molar-refractivity contribution in [1.82, 2.24) is 14.8 Å². The first-order valence-corrected chi connectivity index (χ1v) is 8.61. The molecule has 0 saturated carbocycles. The summed E-state index contributed by atoms with van der Waals surface area (Å²) in [6, 6.07) is 7.36. The SMILES string of the molecule is O=C(c1cccc(Br)c1)N1CCN(C(=O)c2cscn2)CC1. The molecule has 3 rings (SSSR count). The highest BCUT2D eigenvalue weighted by Gasteiger charge is 2.26. The third-order valence-electron chi connectivity index (χ3n) is 3.58. The molecule has 1 aromatic carbocycles. The van der Waals surface area contributed by atoms with Gasteiger partial charge >= 0.3 is 0 Å². The van der Waals surface area contributed by atoms with Gasteiger partial charge in [-0.15, -0.1) is 11.3 Å². The Labute approximate surface area is 140 Å². The lowest BCUT2D eigenvalue weighted by atomic mass is 10.2. The molecular formula is C15H14BrN3O2S. The molecule has 1 saturated heterocycles. The van der Waals surface area contributed by atoms with E-state index in [4.69, 9.17) is 0 Å². The Hall–Kier alpha value is -1.73. The van der Waals surface area contributed by atoms with E-state index in [9.17, 15) is 9.59 Å². The minimum absolute atomic E-state index is 0.00190. The smallest absolute Gasteiger partial charge is 0.273 e. The number of thiazole rings is 1. The summed E-state index contributed by atoms with van der Waals surface area (Å²) in [5.41, 5.74) is 2.80. The molecule has 0 bridgehead atoms. The molecule has 114 valence electrons. The van der Waals surface area contributed by atoms with Gasteiger partial charge in [0.15, 0.2) is 0 Å². The highest BCUT2D eigenvalue weighted by atomic mass is 79.9. The molecule has 7 heteroatoms. The largest absolute Gasteiger partial charge is 0.335 e. The predicted molar refractivity (Wildman–Crippen MR) is 88.1 cm³/mol. The van der Waals surface area contributed by atoms with Crippen LogP contribution >= 0.6 is 27.3 Å². The van der Waals surface area contributed by atoms with Crippen molar-refractivity contribution < 1.29 is 9.59 Å². The molecule has 0 N–H and O–H groups in total. The van der Waals surface area contributed by atoms with Gasteiger partial charge in [0.2, 0.25) is 0 Å². The van der Waals surface area contributed by atoms with E-state index in [-0.39, 0.29) is 11.8 Å². The molecule has 2 heterocycles. The molecule has 1 aromatic heterocycles. The number of benzene rings is 1. The van der Waals surface area contributed by atoms with Gasteiger partial charge in [0.1, 0.15) is 5.69 Å². The summed E-state index contributed by atoms with van der Waals surface area (Å²) in [5.74, 6) is -0.0575. The number of halogens is 1. The molecule has 0 radical (unpaired) electrons. The predicted octanol–water partition coefficient (Wildman–Crippen LogP) is 2.50. The topological polar surface area (TPSA) is 53.5 Å². The number of piperazine rings is 1. The van der Waals surface area contributed by atoms with Gasteiger partial charge in [-0.1, -0.05) is 22.0 Å². The van der Waals surface area contributed by atoms with Gasteiger partial charge in [-0.3, -0.25) is 9.59 Å². The molecule has 2 aromatic rings. The molecule has 0 aliphatic carbocycles. The van der Waals surface area contributed by atoms with Crippen LogP contribution in [-0.2, 0) is 0 Å². The van der Waals surface area contributed by atoms with Crippen molar-refractivity contribution in [3.05, 3.63) is 50.9 Å². The summed E-state index contributed by atoms with van der Waals surface area (Å²) in [6.07, 6.45) is 0. The van der Waals surface area contributed by atoms with Gasteiger partial charge in [-0.05, 0) is 18.2 Å². The van der Waals surface area contributed by atoms with Crippen LogP contribution in [0.1, 0.15) is 20.8 Å². The number of nitrogens with zero attached hydrogens (tertiary/aromatic N) is 3. The first-order chi connectivity index (χ1) is 10.6. The Morgan fingerprint density at radius 1 is 1.09 bits per heavy atom. The summed E-state index contributed by atoms with van der Waals surface area (Å²) in [6.45, 7) is 2.16. The van der Waals surface area contributed by atoms with E-state index in [0.29, 0.717) is 37.4 Å². The van der Waals surface area contributed by atoms with Crippen molar-refractivity contribution in [3.63, 3.8) is 0 Å². The van der Waals surface area contributed by atoms with Crippen LogP contribution in [0, 0.1) is 0 Å². The van der Waals surface area contributed by atoms with E-state index >= 15 is 0 Å². The Bertz CT molecular complexity index is 682. The molecule has 0 spiro atoms. The summed E-state index contributed by atoms with van der Waals surface area (Å²) < 4.78 is 0.885. The van der Waals surface area contributed by atoms with Gasteiger partial charge in [0.25, 0.3) is 11.8 Å². The van der Waals surface area contributed by atoms with Crippen LogP contribution in [-0.4, -0.2) is 52.8 Å². The van der Waals surface area contributed by atoms with E-state index in [1.54, 1.807) is 26.8 Å². The fourth-order valence-corrected chi connectivity index (χ4v) is 3.32. The van der Waals surface area contributed by atoms with Crippen LogP contribution in [0.25, 0.3) is 0 Å². The minimum Gasteiger partial charge on any atom is -0.335 e. The third kappa shape index (κ3) is 3.20. The van der Waals surface area contributed by atoms with Crippen molar-refractivity contribution in [2.75, 3.05) is 26.2 Å². The molecule has 1 aliphatic rings. The molecule has 5 nitrogen and oxygen atoms in total. The fraction of sp³-hybridized carbons (Fsp3) is 0.267. The second-order valence-corrected chi connectivity index (χ2v) is 6.60. The number of carbonyl (C=O) groups is 2. The van der Waals surface area contributed by atoms with E-state index in [1.165, 1.54) is 11.3 Å². The number of hydrogen-bond acceptors (Lipinski definition) is 4. The van der Waals surface area contributed by atoms with Crippen molar-refractivity contribution >= 4 is 39.1 Å². The second-order valence-electron chi connectivity index (χ2n) is 4.97. The summed E-state index contributed by atoms with van der Waals surface area (Å²) in [7, 11) is 0. The maximum atomic E-state index is 12.4. The molecule has 22 heavy (non-hydrogen) atoms. The summed E-state index contributed by atoms with van der Waals surface area (Å²) in [5, 5.41) is 1.75. The van der Waals surface area contributed by atoms with E-state index in [2.05, 4.69) is 20.9 Å². The normalized spacial score (nSPS) is 15.0. The lowest BCUT2D eigenvalue weighted by molar-refractivity contribution is 0.0532. The van der Waals surface area contributed by atoms with Crippen molar-refractivity contribution in [2.24, 2.45) is 0 Å². The van der Waals surface area contributed by atoms with E-state index < -0.39 is 0 Å². The highest BCUT2D eigenvalue weighted by Crippen LogP contribution is 2.15. The molecule has 1 aliphatic heterocycles. The van der Waals surface area contributed by atoms with Crippen LogP contribution in [0.2, 0.25) is 0 Å². The van der Waals surface area contributed by atoms with Crippen LogP contribution in [0.15, 0.2) is 39.6 Å². The van der Waals surface area contributed by atoms with Crippen molar-refractivity contribution in [2.45, 2.75) is 0 Å². The third-order valence-corrected chi connectivity index (χ3v) is 4.66. The number of amides is 2. The zero-order valence-electron chi connectivity index (χ0n) is 11.7. The van der Waals surface area contributed by atoms with Gasteiger partial charge in [-0.2, -0.15) is 0 Å². The lowest BCUT2D eigenvalue weighted by Crippen LogP contribution is -2.50. The monoisotopic (exact) mass is 379 g/mol. The van der Waals surface area contributed by atoms with Gasteiger partial charge in [0.05, 0.1) is 5.51 Å². The van der Waals surface area contributed by atoms with Crippen LogP contribution in [0.3, 0.4) is 0 Å². The molecule has 1 fully saturated rings. The maximum absolute atomic E-state index is 12.4. The molecule has 0 unspecified atom stereocenters. The van der Waals surface area contributed by atoms with E-state index in [0.717, 1.165) is 4.47 Å². The van der Waals surface area contributed by atoms with Gasteiger partial charge in [0, 0.05) is 41.6 Å². The first-order valence-electron chi connectivity index (χ1n) is 6.87. The average Bonchev–Trinajstić information content (AvgIpc) is 3.08. The number of aromatic nitrogens is 1. The molecule has 0 atom stereocenters. The standard InChI is InChI=1S/C15H14BrN3O2S/c16-12-3-1-2-11(8-12)14(20)18-4-6-19(7-5-18)15(21)13-9-22-10-17-13/h1-3,8-10H,4-7H2. The van der Waals surface area contributed by atoms with Gasteiger partial charge in [-0.25, -0.2) is 4.98 Å². The van der Waals surface area contributed by atoms with Crippen LogP contribution < -0.4 is 0 Å². The summed E-state index contributed by atoms with van der Waals surface area (Å²) >= 11 is 4.78. The Balaban J connectivity index is 1.62. The van der Waals surface area contributed by atoms with Crippen molar-refractivity contribution in [1.29, 1.82) is 0 Å². The maximum Gasteiger partial charge on any atom is 0.273 e. The molecular weight excluding hydrogens is 366 g/mol. The highest BCUT2D eigenvalue weighted by molar-refractivity contribution is 9.10. The second kappa shape index (κ2) is 6.58. The number of hydrogen-bond donors (Lipinski definition) is 0. The quantitative estimate of drug-likeness (QED) is 0.805. The van der Waals surface area contributed by atoms with E-state index in [1.807, 2.05) is 18.2 Å². The number of rotatable bonds is 2. The lowest BCUT2D eigenvalue weighted by Gasteiger charge is -2.34. The Kier molecular flexibility index (Phi) is 4.54. The Morgan fingerprint density at radius 2 is 1.77 bits per heavy atom. The zero-order chi connectivity index (χ0) is 15.5. The first kappa shape index (κ1) is 15.2. The van der Waals surface area contributed by atoms with Gasteiger partial charge < -0.3 is 9.80 Å². The fourth-order valence-electron chi connectivity index (χ4n) is 2.40. The average molecular weight is 380 g/mol. The van der Waals surface area contributed by atoms with Crippen molar-refractivity contribution in [3.8, 4) is 0 Å². The number of carbonyl (C=O) groups excluding carboxylic acids is 2. The van der Waals surface area contributed by atoms with Crippen LogP contribution in [0.5, 0.6) is 0 Å². The minimum atomic E-state index is -0.0594.